The lowest BCUT2D eigenvalue weighted by Crippen LogP contribution is -2.33. The second-order valence-corrected chi connectivity index (χ2v) is 5.32. The molecule has 0 aliphatic rings. The molecule has 0 aliphatic carbocycles. The van der Waals surface area contributed by atoms with Crippen LogP contribution in [0.15, 0.2) is 48.5 Å². The van der Waals surface area contributed by atoms with Gasteiger partial charge < -0.3 is 5.73 Å². The number of amides is 1. The maximum atomic E-state index is 13.1. The third kappa shape index (κ3) is 4.36. The van der Waals surface area contributed by atoms with Crippen molar-refractivity contribution in [3.63, 3.8) is 0 Å². The highest BCUT2D eigenvalue weighted by molar-refractivity contribution is 5.75. The van der Waals surface area contributed by atoms with E-state index in [0.29, 0.717) is 6.54 Å². The van der Waals surface area contributed by atoms with Crippen LogP contribution in [0.3, 0.4) is 0 Å². The molecule has 0 heterocycles. The molecule has 0 fully saturated rings. The largest absolute Gasteiger partial charge is 0.369 e. The highest BCUT2D eigenvalue weighted by atomic mass is 19.1. The summed E-state index contributed by atoms with van der Waals surface area (Å²) in [4.78, 5) is 12.8. The monoisotopic (exact) mass is 304 g/mol. The number of nitrogens with two attached hydrogens (primary N) is 1. The highest BCUT2D eigenvalue weighted by Gasteiger charge is 2.17. The smallest absolute Gasteiger partial charge is 0.231 e. The van der Waals surface area contributed by atoms with Gasteiger partial charge in [0.15, 0.2) is 0 Å². The predicted octanol–water partition coefficient (Wildman–Crippen LogP) is 2.51. The van der Waals surface area contributed by atoms with Crippen molar-refractivity contribution in [3.05, 3.63) is 71.3 Å². The zero-order chi connectivity index (χ0) is 16.1. The first-order valence-electron chi connectivity index (χ1n) is 6.93. The molecule has 3 nitrogen and oxygen atoms in total. The second-order valence-electron chi connectivity index (χ2n) is 5.32. The van der Waals surface area contributed by atoms with Gasteiger partial charge in [-0.3, -0.25) is 9.69 Å². The van der Waals surface area contributed by atoms with Crippen LogP contribution in [0.2, 0.25) is 0 Å². The van der Waals surface area contributed by atoms with Crippen LogP contribution in [-0.2, 0) is 4.79 Å². The van der Waals surface area contributed by atoms with Gasteiger partial charge in [-0.05, 0) is 42.4 Å². The summed E-state index contributed by atoms with van der Waals surface area (Å²) < 4.78 is 26.2. The Morgan fingerprint density at radius 1 is 1.00 bits per heavy atom. The molecule has 0 aromatic heterocycles. The summed E-state index contributed by atoms with van der Waals surface area (Å²) >= 11 is 0. The van der Waals surface area contributed by atoms with Crippen LogP contribution < -0.4 is 5.73 Å². The summed E-state index contributed by atoms with van der Waals surface area (Å²) in [6.45, 7) is 0.638. The van der Waals surface area contributed by atoms with Crippen LogP contribution >= 0.6 is 0 Å². The quantitative estimate of drug-likeness (QED) is 0.891. The standard InChI is InChI=1S/C17H18F2N2O/c1-21(11-17(20)22)10-16(12-2-6-14(18)7-3-12)13-4-8-15(19)9-5-13/h2-9,16H,10-11H2,1H3,(H2,20,22). The van der Waals surface area contributed by atoms with E-state index in [9.17, 15) is 13.6 Å². The van der Waals surface area contributed by atoms with E-state index < -0.39 is 5.91 Å². The van der Waals surface area contributed by atoms with Crippen LogP contribution in [-0.4, -0.2) is 30.9 Å². The van der Waals surface area contributed by atoms with E-state index in [1.807, 2.05) is 0 Å². The fraction of sp³-hybridized carbons (Fsp3) is 0.235. The maximum absolute atomic E-state index is 13.1. The Bertz CT molecular complexity index is 581. The zero-order valence-electron chi connectivity index (χ0n) is 12.3. The molecule has 5 heteroatoms. The first-order valence-corrected chi connectivity index (χ1v) is 6.93. The number of nitrogens with zero attached hydrogens (tertiary/aromatic N) is 1. The van der Waals surface area contributed by atoms with Gasteiger partial charge in [-0.1, -0.05) is 24.3 Å². The fourth-order valence-corrected chi connectivity index (χ4v) is 2.44. The van der Waals surface area contributed by atoms with Gasteiger partial charge in [-0.2, -0.15) is 0 Å². The van der Waals surface area contributed by atoms with Gasteiger partial charge in [0, 0.05) is 12.5 Å². The third-order valence-corrected chi connectivity index (χ3v) is 3.46. The Labute approximate surface area is 128 Å². The van der Waals surface area contributed by atoms with E-state index in [4.69, 9.17) is 5.73 Å². The normalized spacial score (nSPS) is 11.1. The van der Waals surface area contributed by atoms with Crippen molar-refractivity contribution in [1.82, 2.24) is 4.90 Å². The van der Waals surface area contributed by atoms with Crippen molar-refractivity contribution < 1.29 is 13.6 Å². The molecule has 0 radical (unpaired) electrons. The molecule has 2 rings (SSSR count). The van der Waals surface area contributed by atoms with Gasteiger partial charge in [0.25, 0.3) is 0 Å². The van der Waals surface area contributed by atoms with Crippen LogP contribution in [0.25, 0.3) is 0 Å². The number of primary amides is 1. The second kappa shape index (κ2) is 7.13. The summed E-state index contributed by atoms with van der Waals surface area (Å²) in [6, 6.07) is 12.3. The van der Waals surface area contributed by atoms with Gasteiger partial charge in [0.1, 0.15) is 11.6 Å². The van der Waals surface area contributed by atoms with Gasteiger partial charge in [0.05, 0.1) is 6.54 Å². The van der Waals surface area contributed by atoms with E-state index in [1.54, 1.807) is 36.2 Å². The molecule has 22 heavy (non-hydrogen) atoms. The maximum Gasteiger partial charge on any atom is 0.231 e. The fourth-order valence-electron chi connectivity index (χ4n) is 2.44. The first-order chi connectivity index (χ1) is 10.5. The lowest BCUT2D eigenvalue weighted by Gasteiger charge is -2.24. The Hall–Kier alpha value is -2.27. The minimum Gasteiger partial charge on any atom is -0.369 e. The van der Waals surface area contributed by atoms with Crippen molar-refractivity contribution in [2.24, 2.45) is 5.73 Å². The summed E-state index contributed by atoms with van der Waals surface area (Å²) in [5.74, 6) is -1.15. The van der Waals surface area contributed by atoms with E-state index in [1.165, 1.54) is 24.3 Å². The molecule has 0 aliphatic heterocycles. The van der Waals surface area contributed by atoms with Gasteiger partial charge in [-0.25, -0.2) is 8.78 Å². The molecule has 0 saturated heterocycles. The number of carbonyl (C=O) groups excluding carboxylic acids is 1. The lowest BCUT2D eigenvalue weighted by atomic mass is 9.91. The van der Waals surface area contributed by atoms with E-state index in [2.05, 4.69) is 0 Å². The van der Waals surface area contributed by atoms with Crippen LogP contribution in [0.4, 0.5) is 8.78 Å². The molecule has 2 aromatic rings. The lowest BCUT2D eigenvalue weighted by molar-refractivity contribution is -0.118. The van der Waals surface area contributed by atoms with Crippen LogP contribution in [0.1, 0.15) is 17.0 Å². The summed E-state index contributed by atoms with van der Waals surface area (Å²) in [5.41, 5.74) is 6.99. The van der Waals surface area contributed by atoms with E-state index >= 15 is 0 Å². The molecular formula is C17H18F2N2O. The topological polar surface area (TPSA) is 46.3 Å². The average molecular weight is 304 g/mol. The number of rotatable bonds is 6. The van der Waals surface area contributed by atoms with Gasteiger partial charge in [-0.15, -0.1) is 0 Å². The summed E-state index contributed by atoms with van der Waals surface area (Å²) in [5, 5.41) is 0. The minimum atomic E-state index is -0.417. The van der Waals surface area contributed by atoms with Crippen LogP contribution in [0, 0.1) is 11.6 Å². The number of hydrogen-bond donors (Lipinski definition) is 1. The van der Waals surface area contributed by atoms with E-state index in [-0.39, 0.29) is 24.1 Å². The molecule has 0 atom stereocenters. The zero-order valence-corrected chi connectivity index (χ0v) is 12.3. The van der Waals surface area contributed by atoms with Crippen molar-refractivity contribution in [2.45, 2.75) is 5.92 Å². The predicted molar refractivity (Wildman–Crippen MR) is 81.3 cm³/mol. The molecule has 0 saturated carbocycles. The minimum absolute atomic E-state index is 0.106. The summed E-state index contributed by atoms with van der Waals surface area (Å²) in [6.07, 6.45) is 0. The van der Waals surface area contributed by atoms with Crippen molar-refractivity contribution in [3.8, 4) is 0 Å². The Kier molecular flexibility index (Phi) is 5.22. The number of benzene rings is 2. The number of halogens is 2. The molecule has 1 amide bonds. The SMILES string of the molecule is CN(CC(N)=O)CC(c1ccc(F)cc1)c1ccc(F)cc1. The Morgan fingerprint density at radius 3 is 1.77 bits per heavy atom. The average Bonchev–Trinajstić information content (AvgIpc) is 2.46. The molecule has 0 spiro atoms. The Morgan fingerprint density at radius 2 is 1.41 bits per heavy atom. The molecule has 0 unspecified atom stereocenters. The molecule has 0 bridgehead atoms. The van der Waals surface area contributed by atoms with Crippen molar-refractivity contribution in [1.29, 1.82) is 0 Å². The van der Waals surface area contributed by atoms with E-state index in [0.717, 1.165) is 11.1 Å². The number of carbonyl (C=O) groups is 1. The molecular weight excluding hydrogens is 286 g/mol. The Balaban J connectivity index is 2.29. The van der Waals surface area contributed by atoms with Crippen LogP contribution in [0.5, 0.6) is 0 Å². The molecule has 2 N–H and O–H groups in total. The molecule has 116 valence electrons. The van der Waals surface area contributed by atoms with Gasteiger partial charge in [0.2, 0.25) is 5.91 Å². The number of hydrogen-bond acceptors (Lipinski definition) is 2. The van der Waals surface area contributed by atoms with Gasteiger partial charge >= 0.3 is 0 Å². The highest BCUT2D eigenvalue weighted by Crippen LogP contribution is 2.26. The van der Waals surface area contributed by atoms with Crippen molar-refractivity contribution >= 4 is 5.91 Å². The third-order valence-electron chi connectivity index (χ3n) is 3.46. The number of likely N-dealkylation sites (N-methyl/N-ethyl adjacent to an activating group) is 1. The summed E-state index contributed by atoms with van der Waals surface area (Å²) in [7, 11) is 1.78. The molecule has 2 aromatic carbocycles. The first kappa shape index (κ1) is 16.1. The van der Waals surface area contributed by atoms with Crippen molar-refractivity contribution in [2.75, 3.05) is 20.1 Å².